The lowest BCUT2D eigenvalue weighted by molar-refractivity contribution is -0.139. The summed E-state index contributed by atoms with van der Waals surface area (Å²) in [6.07, 6.45) is 1.04. The molecule has 1 atom stereocenters. The van der Waals surface area contributed by atoms with E-state index in [2.05, 4.69) is 5.32 Å². The summed E-state index contributed by atoms with van der Waals surface area (Å²) in [5.41, 5.74) is 1.01. The van der Waals surface area contributed by atoms with Crippen molar-refractivity contribution in [1.29, 1.82) is 0 Å². The number of carbonyl (C=O) groups excluding carboxylic acids is 2. The molecule has 2 amide bonds. The van der Waals surface area contributed by atoms with Crippen molar-refractivity contribution in [1.82, 2.24) is 10.2 Å². The molecule has 0 aliphatic heterocycles. The maximum absolute atomic E-state index is 13.6. The second-order valence-electron chi connectivity index (χ2n) is 9.65. The van der Waals surface area contributed by atoms with Crippen LogP contribution in [0.3, 0.4) is 0 Å². The summed E-state index contributed by atoms with van der Waals surface area (Å²) < 4.78 is 32.4. The van der Waals surface area contributed by atoms with Crippen LogP contribution in [0.1, 0.15) is 26.3 Å². The molecule has 0 saturated carbocycles. The number of carbonyl (C=O) groups is 2. The molecule has 1 unspecified atom stereocenters. The van der Waals surface area contributed by atoms with Crippen LogP contribution in [0.2, 0.25) is 5.02 Å². The molecule has 3 aromatic rings. The largest absolute Gasteiger partial charge is 0.457 e. The average Bonchev–Trinajstić information content (AvgIpc) is 2.89. The minimum atomic E-state index is -3.84. The number of hydrogen-bond acceptors (Lipinski definition) is 5. The molecule has 39 heavy (non-hydrogen) atoms. The van der Waals surface area contributed by atoms with E-state index in [1.165, 1.54) is 4.90 Å². The van der Waals surface area contributed by atoms with Crippen molar-refractivity contribution in [3.8, 4) is 11.5 Å². The van der Waals surface area contributed by atoms with E-state index in [-0.39, 0.29) is 18.4 Å². The van der Waals surface area contributed by atoms with Crippen molar-refractivity contribution in [3.63, 3.8) is 0 Å². The van der Waals surface area contributed by atoms with Crippen LogP contribution in [0, 0.1) is 5.92 Å². The Kier molecular flexibility index (Phi) is 10.4. The molecular weight excluding hydrogens is 538 g/mol. The lowest BCUT2D eigenvalue weighted by atomic mass is 10.1. The third-order valence-electron chi connectivity index (χ3n) is 5.88. The molecular formula is C29H34ClN3O5S. The molecule has 3 rings (SSSR count). The highest BCUT2D eigenvalue weighted by molar-refractivity contribution is 7.92. The fourth-order valence-electron chi connectivity index (χ4n) is 3.79. The highest BCUT2D eigenvalue weighted by Crippen LogP contribution is 2.26. The van der Waals surface area contributed by atoms with Crippen LogP contribution >= 0.6 is 11.6 Å². The number of benzene rings is 3. The number of para-hydroxylation sites is 1. The predicted molar refractivity (Wildman–Crippen MR) is 154 cm³/mol. The molecule has 3 aromatic carbocycles. The highest BCUT2D eigenvalue weighted by atomic mass is 35.5. The fraction of sp³-hybridized carbons (Fsp3) is 0.310. The zero-order valence-electron chi connectivity index (χ0n) is 22.5. The summed E-state index contributed by atoms with van der Waals surface area (Å²) in [6, 6.07) is 21.7. The second kappa shape index (κ2) is 13.5. The van der Waals surface area contributed by atoms with Crippen LogP contribution in [0.4, 0.5) is 5.69 Å². The quantitative estimate of drug-likeness (QED) is 0.327. The number of hydrogen-bond donors (Lipinski definition) is 1. The molecule has 0 fully saturated rings. The van der Waals surface area contributed by atoms with Gasteiger partial charge in [0.05, 0.1) is 11.9 Å². The molecule has 0 aliphatic rings. The van der Waals surface area contributed by atoms with Gasteiger partial charge >= 0.3 is 0 Å². The smallest absolute Gasteiger partial charge is 0.244 e. The van der Waals surface area contributed by atoms with E-state index < -0.39 is 28.5 Å². The van der Waals surface area contributed by atoms with Crippen molar-refractivity contribution < 1.29 is 22.7 Å². The Morgan fingerprint density at radius 3 is 2.15 bits per heavy atom. The molecule has 0 spiro atoms. The van der Waals surface area contributed by atoms with E-state index in [4.69, 9.17) is 16.3 Å². The van der Waals surface area contributed by atoms with E-state index in [9.17, 15) is 18.0 Å². The van der Waals surface area contributed by atoms with E-state index in [1.54, 1.807) is 55.5 Å². The van der Waals surface area contributed by atoms with Gasteiger partial charge in [-0.15, -0.1) is 0 Å². The number of nitrogens with zero attached hydrogens (tertiary/aromatic N) is 2. The molecule has 0 heterocycles. The zero-order valence-corrected chi connectivity index (χ0v) is 24.1. The lowest BCUT2D eigenvalue weighted by Crippen LogP contribution is -2.51. The molecule has 0 saturated heterocycles. The van der Waals surface area contributed by atoms with E-state index >= 15 is 0 Å². The van der Waals surface area contributed by atoms with Gasteiger partial charge in [-0.2, -0.15) is 0 Å². The SMILES string of the molecule is CC(C)CNC(=O)C(C)N(Cc1cccc(Cl)c1)C(=O)CN(c1ccc(Oc2ccccc2)cc1)S(C)(=O)=O. The predicted octanol–water partition coefficient (Wildman–Crippen LogP) is 5.09. The number of rotatable bonds is 12. The van der Waals surface area contributed by atoms with Gasteiger partial charge in [-0.1, -0.05) is 55.8 Å². The van der Waals surface area contributed by atoms with Gasteiger partial charge in [-0.05, 0) is 66.9 Å². The Labute approximate surface area is 235 Å². The summed E-state index contributed by atoms with van der Waals surface area (Å²) >= 11 is 6.14. The van der Waals surface area contributed by atoms with Crippen LogP contribution in [0.15, 0.2) is 78.9 Å². The van der Waals surface area contributed by atoms with Gasteiger partial charge < -0.3 is 15.0 Å². The highest BCUT2D eigenvalue weighted by Gasteiger charge is 2.30. The van der Waals surface area contributed by atoms with Gasteiger partial charge in [0.25, 0.3) is 0 Å². The summed E-state index contributed by atoms with van der Waals surface area (Å²) in [4.78, 5) is 27.9. The van der Waals surface area contributed by atoms with Gasteiger partial charge in [0.2, 0.25) is 21.8 Å². The monoisotopic (exact) mass is 571 g/mol. The van der Waals surface area contributed by atoms with Gasteiger partial charge in [0, 0.05) is 18.1 Å². The van der Waals surface area contributed by atoms with Crippen LogP contribution < -0.4 is 14.4 Å². The summed E-state index contributed by atoms with van der Waals surface area (Å²) in [5, 5.41) is 3.34. The van der Waals surface area contributed by atoms with E-state index in [0.29, 0.717) is 34.3 Å². The summed E-state index contributed by atoms with van der Waals surface area (Å²) in [5.74, 6) is 0.530. The van der Waals surface area contributed by atoms with Gasteiger partial charge in [0.1, 0.15) is 24.1 Å². The van der Waals surface area contributed by atoms with Crippen molar-refractivity contribution in [3.05, 3.63) is 89.4 Å². The van der Waals surface area contributed by atoms with E-state index in [0.717, 1.165) is 10.6 Å². The number of anilines is 1. The third kappa shape index (κ3) is 9.01. The number of nitrogens with one attached hydrogen (secondary N) is 1. The maximum atomic E-state index is 13.6. The molecule has 10 heteroatoms. The number of amides is 2. The van der Waals surface area contributed by atoms with Crippen LogP contribution in [-0.4, -0.2) is 50.5 Å². The van der Waals surface area contributed by atoms with Gasteiger partial charge in [0.15, 0.2) is 0 Å². The molecule has 1 N–H and O–H groups in total. The van der Waals surface area contributed by atoms with Crippen LogP contribution in [0.5, 0.6) is 11.5 Å². The van der Waals surface area contributed by atoms with Crippen LogP contribution in [0.25, 0.3) is 0 Å². The Bertz CT molecular complexity index is 1370. The van der Waals surface area contributed by atoms with Crippen molar-refractivity contribution in [2.75, 3.05) is 23.7 Å². The van der Waals surface area contributed by atoms with E-state index in [1.807, 2.05) is 44.2 Å². The summed E-state index contributed by atoms with van der Waals surface area (Å²) in [7, 11) is -3.84. The first-order chi connectivity index (χ1) is 18.4. The molecule has 0 aromatic heterocycles. The van der Waals surface area contributed by atoms with Crippen molar-refractivity contribution in [2.24, 2.45) is 5.92 Å². The fourth-order valence-corrected chi connectivity index (χ4v) is 4.85. The number of halogens is 1. The first-order valence-corrected chi connectivity index (χ1v) is 14.8. The Morgan fingerprint density at radius 2 is 1.56 bits per heavy atom. The standard InChI is InChI=1S/C29H34ClN3O5S/c1-21(2)18-31-29(35)22(3)32(19-23-9-8-10-24(30)17-23)28(34)20-33(39(4,36)37)25-13-15-27(16-14-25)38-26-11-6-5-7-12-26/h5-17,21-22H,18-20H2,1-4H3,(H,31,35). The zero-order chi connectivity index (χ0) is 28.6. The normalized spacial score (nSPS) is 12.1. The average molecular weight is 572 g/mol. The topological polar surface area (TPSA) is 96.0 Å². The lowest BCUT2D eigenvalue weighted by Gasteiger charge is -2.31. The number of sulfonamides is 1. The van der Waals surface area contributed by atoms with Crippen molar-refractivity contribution in [2.45, 2.75) is 33.4 Å². The molecule has 0 bridgehead atoms. The molecule has 0 radical (unpaired) electrons. The van der Waals surface area contributed by atoms with Crippen molar-refractivity contribution >= 4 is 39.1 Å². The van der Waals surface area contributed by atoms with Gasteiger partial charge in [-0.25, -0.2) is 8.42 Å². The number of ether oxygens (including phenoxy) is 1. The second-order valence-corrected chi connectivity index (χ2v) is 12.0. The minimum Gasteiger partial charge on any atom is -0.457 e. The maximum Gasteiger partial charge on any atom is 0.244 e. The molecule has 8 nitrogen and oxygen atoms in total. The Morgan fingerprint density at radius 1 is 0.923 bits per heavy atom. The molecule has 208 valence electrons. The third-order valence-corrected chi connectivity index (χ3v) is 7.25. The first kappa shape index (κ1) is 30.0. The first-order valence-electron chi connectivity index (χ1n) is 12.6. The molecule has 0 aliphatic carbocycles. The Balaban J connectivity index is 1.85. The summed E-state index contributed by atoms with van der Waals surface area (Å²) in [6.45, 7) is 5.62. The Hall–Kier alpha value is -3.56. The van der Waals surface area contributed by atoms with Crippen LogP contribution in [-0.2, 0) is 26.2 Å². The minimum absolute atomic E-state index is 0.0805. The van der Waals surface area contributed by atoms with Gasteiger partial charge in [-0.3, -0.25) is 13.9 Å².